The summed E-state index contributed by atoms with van der Waals surface area (Å²) in [7, 11) is 0. The molecule has 8 heteroatoms. The predicted molar refractivity (Wildman–Crippen MR) is 67.4 cm³/mol. The third kappa shape index (κ3) is 4.57. The Kier molecular flexibility index (Phi) is 5.77. The van der Waals surface area contributed by atoms with Crippen molar-refractivity contribution in [1.82, 2.24) is 25.4 Å². The summed E-state index contributed by atoms with van der Waals surface area (Å²) in [6.45, 7) is 4.71. The van der Waals surface area contributed by atoms with E-state index in [1.54, 1.807) is 10.9 Å². The number of urea groups is 1. The minimum Gasteiger partial charge on any atom is -0.480 e. The molecule has 0 aromatic carbocycles. The maximum absolute atomic E-state index is 11.6. The summed E-state index contributed by atoms with van der Waals surface area (Å²) in [6, 6.07) is -1.39. The van der Waals surface area contributed by atoms with Gasteiger partial charge in [0.05, 0.1) is 6.54 Å². The molecule has 0 saturated heterocycles. The minimum atomic E-state index is -1.03. The first-order valence-corrected chi connectivity index (χ1v) is 6.22. The lowest BCUT2D eigenvalue weighted by Crippen LogP contribution is -2.45. The number of rotatable bonds is 7. The number of nitrogens with one attached hydrogen (secondary N) is 2. The minimum absolute atomic E-state index is 0.206. The largest absolute Gasteiger partial charge is 0.480 e. The van der Waals surface area contributed by atoms with Crippen LogP contribution in [0.25, 0.3) is 0 Å². The second-order valence-corrected chi connectivity index (χ2v) is 4.04. The van der Waals surface area contributed by atoms with E-state index in [0.717, 1.165) is 0 Å². The van der Waals surface area contributed by atoms with E-state index >= 15 is 0 Å². The first-order valence-electron chi connectivity index (χ1n) is 6.22. The van der Waals surface area contributed by atoms with Gasteiger partial charge in [-0.25, -0.2) is 9.59 Å². The van der Waals surface area contributed by atoms with Gasteiger partial charge < -0.3 is 20.3 Å². The molecule has 0 aliphatic rings. The summed E-state index contributed by atoms with van der Waals surface area (Å²) < 4.78 is 1.79. The molecule has 0 aliphatic heterocycles. The highest BCUT2D eigenvalue weighted by Crippen LogP contribution is 1.97. The van der Waals surface area contributed by atoms with Gasteiger partial charge in [-0.05, 0) is 13.3 Å². The third-order valence-corrected chi connectivity index (χ3v) is 2.62. The van der Waals surface area contributed by atoms with Crippen molar-refractivity contribution in [1.29, 1.82) is 0 Å². The Morgan fingerprint density at radius 1 is 1.47 bits per heavy atom. The topological polar surface area (TPSA) is 109 Å². The van der Waals surface area contributed by atoms with Gasteiger partial charge in [0.15, 0.2) is 5.82 Å². The maximum atomic E-state index is 11.6. The normalized spacial score (nSPS) is 11.9. The molecule has 8 nitrogen and oxygen atoms in total. The zero-order chi connectivity index (χ0) is 14.3. The van der Waals surface area contributed by atoms with Crippen molar-refractivity contribution in [2.45, 2.75) is 45.8 Å². The average Bonchev–Trinajstić information content (AvgIpc) is 2.83. The van der Waals surface area contributed by atoms with Gasteiger partial charge in [0, 0.05) is 6.54 Å². The van der Waals surface area contributed by atoms with Crippen LogP contribution in [0.4, 0.5) is 4.79 Å². The zero-order valence-electron chi connectivity index (χ0n) is 11.1. The highest BCUT2D eigenvalue weighted by molar-refractivity contribution is 5.82. The summed E-state index contributed by atoms with van der Waals surface area (Å²) >= 11 is 0. The van der Waals surface area contributed by atoms with E-state index < -0.39 is 18.0 Å². The molecule has 0 bridgehead atoms. The van der Waals surface area contributed by atoms with E-state index in [1.165, 1.54) is 0 Å². The van der Waals surface area contributed by atoms with E-state index in [9.17, 15) is 9.59 Å². The third-order valence-electron chi connectivity index (χ3n) is 2.62. The van der Waals surface area contributed by atoms with Crippen molar-refractivity contribution >= 4 is 12.0 Å². The summed E-state index contributed by atoms with van der Waals surface area (Å²) in [4.78, 5) is 22.5. The second kappa shape index (κ2) is 7.34. The van der Waals surface area contributed by atoms with Crippen LogP contribution in [0.1, 0.15) is 32.5 Å². The van der Waals surface area contributed by atoms with Gasteiger partial charge in [0.1, 0.15) is 12.4 Å². The number of amides is 2. The fraction of sp³-hybridized carbons (Fsp3) is 0.636. The Labute approximate surface area is 111 Å². The number of aryl methyl sites for hydroxylation is 1. The van der Waals surface area contributed by atoms with Crippen LogP contribution >= 0.6 is 0 Å². The van der Waals surface area contributed by atoms with Gasteiger partial charge in [-0.15, -0.1) is 10.2 Å². The first-order chi connectivity index (χ1) is 9.08. The molecule has 1 rings (SSSR count). The number of carboxylic acid groups (broad SMARTS) is 1. The predicted octanol–water partition coefficient (Wildman–Crippen LogP) is 0.350. The van der Waals surface area contributed by atoms with Crippen molar-refractivity contribution in [2.75, 3.05) is 0 Å². The van der Waals surface area contributed by atoms with Crippen LogP contribution in [-0.4, -0.2) is 37.9 Å². The van der Waals surface area contributed by atoms with Crippen molar-refractivity contribution < 1.29 is 14.7 Å². The molecule has 106 valence electrons. The lowest BCUT2D eigenvalue weighted by Gasteiger charge is -2.14. The van der Waals surface area contributed by atoms with Gasteiger partial charge in [0.2, 0.25) is 0 Å². The number of nitrogens with zero attached hydrogens (tertiary/aromatic N) is 3. The molecule has 1 unspecified atom stereocenters. The van der Waals surface area contributed by atoms with Crippen LogP contribution in [0.2, 0.25) is 0 Å². The molecule has 1 aromatic heterocycles. The van der Waals surface area contributed by atoms with Gasteiger partial charge in [-0.3, -0.25) is 0 Å². The Morgan fingerprint density at radius 3 is 2.79 bits per heavy atom. The SMILES string of the molecule is CCCC(NC(=O)NCc1nncn1CC)C(=O)O. The van der Waals surface area contributed by atoms with Crippen LogP contribution in [0.3, 0.4) is 0 Å². The standard InChI is InChI=1S/C11H19N5O3/c1-3-5-8(10(17)18)14-11(19)12-6-9-15-13-7-16(9)4-2/h7-8H,3-6H2,1-2H3,(H,17,18)(H2,12,14,19). The fourth-order valence-electron chi connectivity index (χ4n) is 1.59. The monoisotopic (exact) mass is 269 g/mol. The van der Waals surface area contributed by atoms with Crippen LogP contribution < -0.4 is 10.6 Å². The lowest BCUT2D eigenvalue weighted by molar-refractivity contribution is -0.139. The highest BCUT2D eigenvalue weighted by atomic mass is 16.4. The van der Waals surface area contributed by atoms with Crippen molar-refractivity contribution in [3.63, 3.8) is 0 Å². The Bertz CT molecular complexity index is 432. The van der Waals surface area contributed by atoms with Crippen LogP contribution in [-0.2, 0) is 17.9 Å². The fourth-order valence-corrected chi connectivity index (χ4v) is 1.59. The molecular weight excluding hydrogens is 250 g/mol. The molecule has 1 aromatic rings. The van der Waals surface area contributed by atoms with Crippen LogP contribution in [0.15, 0.2) is 6.33 Å². The molecule has 0 saturated carbocycles. The van der Waals surface area contributed by atoms with E-state index in [4.69, 9.17) is 5.11 Å². The number of aromatic nitrogens is 3. The van der Waals surface area contributed by atoms with Crippen molar-refractivity contribution in [2.24, 2.45) is 0 Å². The number of hydrogen-bond acceptors (Lipinski definition) is 4. The molecule has 3 N–H and O–H groups in total. The summed E-state index contributed by atoms with van der Waals surface area (Å²) in [5.41, 5.74) is 0. The number of carboxylic acids is 1. The first kappa shape index (κ1) is 14.9. The molecular formula is C11H19N5O3. The number of aliphatic carboxylic acids is 1. The van der Waals surface area contributed by atoms with Crippen molar-refractivity contribution in [3.8, 4) is 0 Å². The maximum Gasteiger partial charge on any atom is 0.326 e. The molecule has 19 heavy (non-hydrogen) atoms. The Balaban J connectivity index is 2.44. The molecule has 1 atom stereocenters. The van der Waals surface area contributed by atoms with Crippen molar-refractivity contribution in [3.05, 3.63) is 12.2 Å². The van der Waals surface area contributed by atoms with E-state index in [1.807, 2.05) is 13.8 Å². The summed E-state index contributed by atoms with van der Waals surface area (Å²) in [6.07, 6.45) is 2.65. The van der Waals surface area contributed by atoms with Gasteiger partial charge in [-0.1, -0.05) is 13.3 Å². The van der Waals surface area contributed by atoms with Crippen LogP contribution in [0.5, 0.6) is 0 Å². The quantitative estimate of drug-likeness (QED) is 0.661. The molecule has 2 amide bonds. The number of hydrogen-bond donors (Lipinski definition) is 3. The molecule has 0 fully saturated rings. The second-order valence-electron chi connectivity index (χ2n) is 4.04. The smallest absolute Gasteiger partial charge is 0.326 e. The molecule has 0 aliphatic carbocycles. The Hall–Kier alpha value is -2.12. The number of carbonyl (C=O) groups excluding carboxylic acids is 1. The Morgan fingerprint density at radius 2 is 2.21 bits per heavy atom. The van der Waals surface area contributed by atoms with E-state index in [2.05, 4.69) is 20.8 Å². The van der Waals surface area contributed by atoms with E-state index in [-0.39, 0.29) is 6.54 Å². The highest BCUT2D eigenvalue weighted by Gasteiger charge is 2.18. The van der Waals surface area contributed by atoms with E-state index in [0.29, 0.717) is 25.2 Å². The van der Waals surface area contributed by atoms with Crippen LogP contribution in [0, 0.1) is 0 Å². The van der Waals surface area contributed by atoms with Gasteiger partial charge in [-0.2, -0.15) is 0 Å². The number of carbonyl (C=O) groups is 2. The molecule has 1 heterocycles. The average molecular weight is 269 g/mol. The van der Waals surface area contributed by atoms with Gasteiger partial charge >= 0.3 is 12.0 Å². The lowest BCUT2D eigenvalue weighted by atomic mass is 10.2. The van der Waals surface area contributed by atoms with Gasteiger partial charge in [0.25, 0.3) is 0 Å². The summed E-state index contributed by atoms with van der Waals surface area (Å²) in [5, 5.41) is 21.5. The zero-order valence-corrected chi connectivity index (χ0v) is 11.1. The molecule has 0 spiro atoms. The summed E-state index contributed by atoms with van der Waals surface area (Å²) in [5.74, 6) is -0.409. The molecule has 0 radical (unpaired) electrons.